The molecule has 0 saturated carbocycles. The number of nitrogens with zero attached hydrogens (tertiary/aromatic N) is 3. The van der Waals surface area contributed by atoms with Gasteiger partial charge in [-0.05, 0) is 18.9 Å². The zero-order valence-electron chi connectivity index (χ0n) is 14.7. The van der Waals surface area contributed by atoms with Gasteiger partial charge in [0, 0.05) is 53.9 Å². The molecule has 0 radical (unpaired) electrons. The first-order valence-corrected chi connectivity index (χ1v) is 10.2. The number of H-pyrrole nitrogens is 1. The summed E-state index contributed by atoms with van der Waals surface area (Å²) in [5.74, 6) is 0. The SMILES string of the molecule is O=S(=O)(NC1CCCN(c2cncc3cnc4[nH]ccc4c23)C1)C(F)(F)CF. The third-order valence-electron chi connectivity index (χ3n) is 4.92. The molecule has 1 saturated heterocycles. The summed E-state index contributed by atoms with van der Waals surface area (Å²) in [6.07, 6.45) is 7.79. The molecule has 4 heterocycles. The molecule has 4 rings (SSSR count). The van der Waals surface area contributed by atoms with E-state index < -0.39 is 28.0 Å². The second kappa shape index (κ2) is 6.89. The van der Waals surface area contributed by atoms with Crippen molar-refractivity contribution in [1.29, 1.82) is 0 Å². The van der Waals surface area contributed by atoms with Crippen LogP contribution in [0.5, 0.6) is 0 Å². The van der Waals surface area contributed by atoms with Crippen LogP contribution in [0.4, 0.5) is 18.9 Å². The second-order valence-corrected chi connectivity index (χ2v) is 8.64. The Morgan fingerprint density at radius 3 is 2.93 bits per heavy atom. The zero-order chi connectivity index (χ0) is 19.9. The fourth-order valence-corrected chi connectivity index (χ4v) is 4.52. The molecule has 0 aliphatic carbocycles. The van der Waals surface area contributed by atoms with Gasteiger partial charge in [-0.15, -0.1) is 0 Å². The molecule has 1 aliphatic rings. The molecule has 0 bridgehead atoms. The molecule has 0 spiro atoms. The number of piperidine rings is 1. The van der Waals surface area contributed by atoms with Gasteiger partial charge in [0.05, 0.1) is 11.9 Å². The largest absolute Gasteiger partial charge is 0.386 e. The Morgan fingerprint density at radius 1 is 1.32 bits per heavy atom. The van der Waals surface area contributed by atoms with Crippen molar-refractivity contribution in [3.05, 3.63) is 30.9 Å². The van der Waals surface area contributed by atoms with Gasteiger partial charge in [-0.2, -0.15) is 8.78 Å². The van der Waals surface area contributed by atoms with Crippen molar-refractivity contribution in [3.8, 4) is 0 Å². The molecule has 7 nitrogen and oxygen atoms in total. The summed E-state index contributed by atoms with van der Waals surface area (Å²) < 4.78 is 64.8. The number of pyridine rings is 2. The predicted molar refractivity (Wildman–Crippen MR) is 99.6 cm³/mol. The van der Waals surface area contributed by atoms with Crippen LogP contribution in [-0.2, 0) is 10.0 Å². The van der Waals surface area contributed by atoms with E-state index in [9.17, 15) is 21.6 Å². The lowest BCUT2D eigenvalue weighted by Gasteiger charge is -2.35. The van der Waals surface area contributed by atoms with E-state index in [1.807, 2.05) is 15.7 Å². The van der Waals surface area contributed by atoms with Crippen LogP contribution in [0.1, 0.15) is 12.8 Å². The second-order valence-electron chi connectivity index (χ2n) is 6.80. The molecule has 1 unspecified atom stereocenters. The molecule has 1 fully saturated rings. The van der Waals surface area contributed by atoms with E-state index in [1.165, 1.54) is 0 Å². The van der Waals surface area contributed by atoms with Crippen LogP contribution in [0.25, 0.3) is 21.8 Å². The standard InChI is InChI=1S/C17H18F3N5O2S/c18-10-17(19,20)28(26,27)24-12-2-1-5-25(9-12)14-8-21-6-11-7-23-16-13(15(11)14)3-4-22-16/h3-4,6-8,12,24H,1-2,5,9-10H2,(H,22,23). The highest BCUT2D eigenvalue weighted by Crippen LogP contribution is 2.33. The third kappa shape index (κ3) is 3.18. The maximum Gasteiger partial charge on any atom is 0.386 e. The van der Waals surface area contributed by atoms with Gasteiger partial charge in [0.15, 0.2) is 6.67 Å². The van der Waals surface area contributed by atoms with Crippen LogP contribution < -0.4 is 9.62 Å². The summed E-state index contributed by atoms with van der Waals surface area (Å²) in [5.41, 5.74) is 1.47. The van der Waals surface area contributed by atoms with Crippen LogP contribution in [0.15, 0.2) is 30.9 Å². The summed E-state index contributed by atoms with van der Waals surface area (Å²) in [7, 11) is -5.10. The Morgan fingerprint density at radius 2 is 2.14 bits per heavy atom. The van der Waals surface area contributed by atoms with Crippen LogP contribution in [0.2, 0.25) is 0 Å². The lowest BCUT2D eigenvalue weighted by atomic mass is 10.0. The normalized spacial score (nSPS) is 18.8. The van der Waals surface area contributed by atoms with Gasteiger partial charge in [-0.1, -0.05) is 0 Å². The van der Waals surface area contributed by atoms with Crippen LogP contribution in [0.3, 0.4) is 0 Å². The van der Waals surface area contributed by atoms with E-state index in [4.69, 9.17) is 0 Å². The minimum Gasteiger partial charge on any atom is -0.368 e. The Balaban J connectivity index is 1.67. The molecule has 0 amide bonds. The van der Waals surface area contributed by atoms with Crippen molar-refractivity contribution in [2.24, 2.45) is 0 Å². The maximum absolute atomic E-state index is 13.4. The number of halogens is 3. The van der Waals surface area contributed by atoms with Gasteiger partial charge in [0.2, 0.25) is 0 Å². The van der Waals surface area contributed by atoms with Crippen LogP contribution >= 0.6 is 0 Å². The van der Waals surface area contributed by atoms with E-state index in [1.54, 1.807) is 24.8 Å². The number of aromatic amines is 1. The van der Waals surface area contributed by atoms with Crippen molar-refractivity contribution in [2.75, 3.05) is 24.7 Å². The predicted octanol–water partition coefficient (Wildman–Crippen LogP) is 2.56. The van der Waals surface area contributed by atoms with E-state index >= 15 is 0 Å². The van der Waals surface area contributed by atoms with E-state index in [0.29, 0.717) is 25.0 Å². The topological polar surface area (TPSA) is 91.0 Å². The summed E-state index contributed by atoms with van der Waals surface area (Å²) in [4.78, 5) is 13.5. The highest BCUT2D eigenvalue weighted by molar-refractivity contribution is 7.90. The minimum atomic E-state index is -5.10. The number of hydrogen-bond acceptors (Lipinski definition) is 5. The maximum atomic E-state index is 13.4. The number of fused-ring (bicyclic) bond motifs is 3. The minimum absolute atomic E-state index is 0.177. The van der Waals surface area contributed by atoms with Crippen molar-refractivity contribution in [1.82, 2.24) is 19.7 Å². The highest BCUT2D eigenvalue weighted by atomic mass is 32.2. The fraction of sp³-hybridized carbons (Fsp3) is 0.412. The van der Waals surface area contributed by atoms with Crippen molar-refractivity contribution in [3.63, 3.8) is 0 Å². The summed E-state index contributed by atoms with van der Waals surface area (Å²) in [6, 6.07) is 1.13. The summed E-state index contributed by atoms with van der Waals surface area (Å²) in [6.45, 7) is -1.46. The van der Waals surface area contributed by atoms with Crippen molar-refractivity contribution >= 4 is 37.5 Å². The highest BCUT2D eigenvalue weighted by Gasteiger charge is 2.46. The Labute approximate surface area is 159 Å². The van der Waals surface area contributed by atoms with Gasteiger partial charge in [-0.25, -0.2) is 22.5 Å². The number of alkyl halides is 3. The number of sulfonamides is 1. The molecular weight excluding hydrogens is 395 g/mol. The molecule has 2 N–H and O–H groups in total. The van der Waals surface area contributed by atoms with E-state index in [2.05, 4.69) is 15.0 Å². The van der Waals surface area contributed by atoms with Gasteiger partial charge >= 0.3 is 5.25 Å². The monoisotopic (exact) mass is 413 g/mol. The number of aromatic nitrogens is 3. The molecule has 3 aromatic rings. The Hall–Kier alpha value is -2.40. The van der Waals surface area contributed by atoms with Gasteiger partial charge in [0.1, 0.15) is 5.65 Å². The molecule has 3 aromatic heterocycles. The first kappa shape index (κ1) is 18.9. The molecule has 150 valence electrons. The molecular formula is C17H18F3N5O2S. The summed E-state index contributed by atoms with van der Waals surface area (Å²) in [5, 5.41) is -1.84. The van der Waals surface area contributed by atoms with Gasteiger partial charge in [0.25, 0.3) is 10.0 Å². The average Bonchev–Trinajstić information content (AvgIpc) is 3.16. The number of rotatable bonds is 5. The molecule has 11 heteroatoms. The Kier molecular flexibility index (Phi) is 4.66. The first-order valence-electron chi connectivity index (χ1n) is 8.73. The molecule has 28 heavy (non-hydrogen) atoms. The van der Waals surface area contributed by atoms with E-state index in [0.717, 1.165) is 21.8 Å². The zero-order valence-corrected chi connectivity index (χ0v) is 15.5. The Bertz CT molecular complexity index is 1120. The molecule has 1 aliphatic heterocycles. The number of nitrogens with one attached hydrogen (secondary N) is 2. The average molecular weight is 413 g/mol. The molecule has 1 atom stereocenters. The first-order chi connectivity index (χ1) is 13.3. The number of hydrogen-bond donors (Lipinski definition) is 2. The fourth-order valence-electron chi connectivity index (χ4n) is 3.57. The smallest absolute Gasteiger partial charge is 0.368 e. The number of anilines is 1. The van der Waals surface area contributed by atoms with Gasteiger partial charge in [-0.3, -0.25) is 4.98 Å². The van der Waals surface area contributed by atoms with Gasteiger partial charge < -0.3 is 9.88 Å². The lowest BCUT2D eigenvalue weighted by molar-refractivity contribution is 0.0600. The quantitative estimate of drug-likeness (QED) is 0.671. The molecule has 0 aromatic carbocycles. The van der Waals surface area contributed by atoms with E-state index in [-0.39, 0.29) is 6.54 Å². The third-order valence-corrected chi connectivity index (χ3v) is 6.45. The lowest BCUT2D eigenvalue weighted by Crippen LogP contribution is -2.52. The van der Waals surface area contributed by atoms with Crippen LogP contribution in [0, 0.1) is 0 Å². The van der Waals surface area contributed by atoms with Crippen LogP contribution in [-0.4, -0.2) is 54.4 Å². The summed E-state index contributed by atoms with van der Waals surface area (Å²) >= 11 is 0. The van der Waals surface area contributed by atoms with Crippen molar-refractivity contribution < 1.29 is 21.6 Å². The van der Waals surface area contributed by atoms with Crippen molar-refractivity contribution in [2.45, 2.75) is 24.1 Å².